The van der Waals surface area contributed by atoms with E-state index in [9.17, 15) is 0 Å². The summed E-state index contributed by atoms with van der Waals surface area (Å²) in [6.45, 7) is 10.6. The summed E-state index contributed by atoms with van der Waals surface area (Å²) in [5.41, 5.74) is 8.48. The molecule has 1 heterocycles. The Morgan fingerprint density at radius 1 is 1.21 bits per heavy atom. The number of nitrogens with zero attached hydrogens (tertiary/aromatic N) is 3. The Balaban J connectivity index is 2.20. The smallest absolute Gasteiger partial charge is 0.243 e. The highest BCUT2D eigenvalue weighted by molar-refractivity contribution is 6.00. The third-order valence-corrected chi connectivity index (χ3v) is 3.99. The minimum Gasteiger partial charge on any atom is -0.245 e. The van der Waals surface area contributed by atoms with Gasteiger partial charge in [-0.05, 0) is 44.2 Å². The molecule has 0 saturated carbocycles. The Hall–Kier alpha value is -2.23. The summed E-state index contributed by atoms with van der Waals surface area (Å²) in [7, 11) is 0. The zero-order valence-corrected chi connectivity index (χ0v) is 15.4. The fraction of sp³-hybridized carbons (Fsp3) is 0.450. The van der Waals surface area contributed by atoms with Gasteiger partial charge in [0.05, 0.1) is 5.71 Å². The first-order valence-electron chi connectivity index (χ1n) is 8.75. The maximum atomic E-state index is 4.56. The predicted molar refractivity (Wildman–Crippen MR) is 102 cm³/mol. The van der Waals surface area contributed by atoms with Crippen molar-refractivity contribution in [2.24, 2.45) is 5.10 Å². The Morgan fingerprint density at radius 2 is 1.96 bits per heavy atom. The van der Waals surface area contributed by atoms with E-state index in [0.29, 0.717) is 11.9 Å². The Morgan fingerprint density at radius 3 is 2.67 bits per heavy atom. The SMILES string of the molecule is CCCCc1cc(C)nc(NN=C(C)c2ccccc2C(C)C)n1. The third-order valence-electron chi connectivity index (χ3n) is 3.99. The molecule has 0 saturated heterocycles. The Labute approximate surface area is 145 Å². The van der Waals surface area contributed by atoms with Crippen molar-refractivity contribution in [3.63, 3.8) is 0 Å². The van der Waals surface area contributed by atoms with Crippen LogP contribution in [-0.2, 0) is 6.42 Å². The highest BCUT2D eigenvalue weighted by Gasteiger charge is 2.08. The zero-order valence-electron chi connectivity index (χ0n) is 15.4. The molecule has 0 aliphatic rings. The van der Waals surface area contributed by atoms with Crippen molar-refractivity contribution in [3.05, 3.63) is 52.8 Å². The molecule has 1 N–H and O–H groups in total. The van der Waals surface area contributed by atoms with Crippen molar-refractivity contribution >= 4 is 11.7 Å². The number of unbranched alkanes of at least 4 members (excludes halogenated alkanes) is 1. The molecule has 0 aliphatic carbocycles. The summed E-state index contributed by atoms with van der Waals surface area (Å²) in [5, 5.41) is 4.51. The maximum absolute atomic E-state index is 4.56. The molecule has 2 rings (SSSR count). The van der Waals surface area contributed by atoms with Crippen molar-refractivity contribution < 1.29 is 0 Å². The molecule has 0 amide bonds. The molecule has 0 fully saturated rings. The highest BCUT2D eigenvalue weighted by atomic mass is 15.4. The second kappa shape index (κ2) is 8.57. The van der Waals surface area contributed by atoms with E-state index in [-0.39, 0.29) is 0 Å². The van der Waals surface area contributed by atoms with Gasteiger partial charge in [-0.3, -0.25) is 0 Å². The van der Waals surface area contributed by atoms with E-state index in [1.54, 1.807) is 0 Å². The van der Waals surface area contributed by atoms with Crippen LogP contribution in [0.15, 0.2) is 35.4 Å². The summed E-state index contributed by atoms with van der Waals surface area (Å²) in [6, 6.07) is 10.4. The van der Waals surface area contributed by atoms with Gasteiger partial charge in [0.2, 0.25) is 5.95 Å². The van der Waals surface area contributed by atoms with Crippen LogP contribution >= 0.6 is 0 Å². The molecular formula is C20H28N4. The first-order valence-corrected chi connectivity index (χ1v) is 8.75. The number of rotatable bonds is 7. The van der Waals surface area contributed by atoms with E-state index in [4.69, 9.17) is 0 Å². The van der Waals surface area contributed by atoms with E-state index in [1.165, 1.54) is 11.1 Å². The average molecular weight is 324 g/mol. The van der Waals surface area contributed by atoms with Gasteiger partial charge >= 0.3 is 0 Å². The number of aryl methyl sites for hydroxylation is 2. The minimum absolute atomic E-state index is 0.460. The molecule has 0 spiro atoms. The normalized spacial score (nSPS) is 11.8. The molecule has 0 aliphatic heterocycles. The minimum atomic E-state index is 0.460. The van der Waals surface area contributed by atoms with Crippen LogP contribution in [0.4, 0.5) is 5.95 Å². The van der Waals surface area contributed by atoms with Gasteiger partial charge in [0, 0.05) is 17.0 Å². The number of hydrazone groups is 1. The van der Waals surface area contributed by atoms with E-state index in [2.05, 4.69) is 59.5 Å². The Kier molecular flexibility index (Phi) is 6.47. The van der Waals surface area contributed by atoms with Crippen LogP contribution in [0, 0.1) is 6.92 Å². The molecule has 24 heavy (non-hydrogen) atoms. The van der Waals surface area contributed by atoms with Gasteiger partial charge in [0.25, 0.3) is 0 Å². The maximum Gasteiger partial charge on any atom is 0.243 e. The number of nitrogens with one attached hydrogen (secondary N) is 1. The lowest BCUT2D eigenvalue weighted by molar-refractivity contribution is 0.772. The fourth-order valence-corrected chi connectivity index (χ4v) is 2.69. The monoisotopic (exact) mass is 324 g/mol. The number of aromatic nitrogens is 2. The number of benzene rings is 1. The molecule has 1 aromatic heterocycles. The summed E-state index contributed by atoms with van der Waals surface area (Å²) in [6.07, 6.45) is 3.28. The highest BCUT2D eigenvalue weighted by Crippen LogP contribution is 2.20. The second-order valence-corrected chi connectivity index (χ2v) is 6.48. The number of hydrogen-bond acceptors (Lipinski definition) is 4. The lowest BCUT2D eigenvalue weighted by atomic mass is 9.95. The standard InChI is InChI=1S/C20H28N4/c1-6-7-10-17-13-15(4)21-20(22-17)24-23-16(5)19-12-9-8-11-18(19)14(2)3/h8-9,11-14H,6-7,10H2,1-5H3,(H,21,22,24). The first kappa shape index (κ1) is 18.1. The largest absolute Gasteiger partial charge is 0.245 e. The van der Waals surface area contributed by atoms with Crippen LogP contribution in [0.25, 0.3) is 0 Å². The zero-order chi connectivity index (χ0) is 17.5. The van der Waals surface area contributed by atoms with Gasteiger partial charge in [-0.15, -0.1) is 0 Å². The quantitative estimate of drug-likeness (QED) is 0.570. The molecule has 4 heteroatoms. The van der Waals surface area contributed by atoms with Crippen LogP contribution in [0.3, 0.4) is 0 Å². The average Bonchev–Trinajstić information content (AvgIpc) is 2.57. The van der Waals surface area contributed by atoms with Crippen molar-refractivity contribution in [2.45, 2.75) is 59.8 Å². The Bertz CT molecular complexity index is 705. The molecule has 2 aromatic rings. The third kappa shape index (κ3) is 4.88. The predicted octanol–water partition coefficient (Wildman–Crippen LogP) is 5.09. The van der Waals surface area contributed by atoms with E-state index >= 15 is 0 Å². The number of anilines is 1. The van der Waals surface area contributed by atoms with Crippen molar-refractivity contribution in [3.8, 4) is 0 Å². The topological polar surface area (TPSA) is 50.2 Å². The molecule has 4 nitrogen and oxygen atoms in total. The van der Waals surface area contributed by atoms with Crippen LogP contribution in [0.5, 0.6) is 0 Å². The molecular weight excluding hydrogens is 296 g/mol. The van der Waals surface area contributed by atoms with Crippen molar-refractivity contribution in [1.82, 2.24) is 9.97 Å². The van der Waals surface area contributed by atoms with Gasteiger partial charge in [0.1, 0.15) is 0 Å². The molecule has 0 radical (unpaired) electrons. The number of hydrogen-bond donors (Lipinski definition) is 1. The van der Waals surface area contributed by atoms with Crippen LogP contribution in [-0.4, -0.2) is 15.7 Å². The fourth-order valence-electron chi connectivity index (χ4n) is 2.69. The molecule has 128 valence electrons. The molecule has 0 atom stereocenters. The van der Waals surface area contributed by atoms with Crippen molar-refractivity contribution in [1.29, 1.82) is 0 Å². The van der Waals surface area contributed by atoms with Crippen LogP contribution in [0.2, 0.25) is 0 Å². The van der Waals surface area contributed by atoms with Crippen LogP contribution in [0.1, 0.15) is 69.0 Å². The summed E-state index contributed by atoms with van der Waals surface area (Å²) < 4.78 is 0. The van der Waals surface area contributed by atoms with Gasteiger partial charge in [0.15, 0.2) is 0 Å². The van der Waals surface area contributed by atoms with Gasteiger partial charge in [-0.25, -0.2) is 15.4 Å². The summed E-state index contributed by atoms with van der Waals surface area (Å²) >= 11 is 0. The van der Waals surface area contributed by atoms with E-state index in [1.807, 2.05) is 26.0 Å². The van der Waals surface area contributed by atoms with E-state index < -0.39 is 0 Å². The molecule has 0 unspecified atom stereocenters. The van der Waals surface area contributed by atoms with E-state index in [0.717, 1.165) is 36.4 Å². The first-order chi connectivity index (χ1) is 11.5. The summed E-state index contributed by atoms with van der Waals surface area (Å²) in [5.74, 6) is 1.03. The second-order valence-electron chi connectivity index (χ2n) is 6.48. The lowest BCUT2D eigenvalue weighted by Gasteiger charge is -2.12. The van der Waals surface area contributed by atoms with Gasteiger partial charge < -0.3 is 0 Å². The van der Waals surface area contributed by atoms with Gasteiger partial charge in [-0.2, -0.15) is 5.10 Å². The van der Waals surface area contributed by atoms with Crippen LogP contribution < -0.4 is 5.43 Å². The molecule has 0 bridgehead atoms. The molecule has 1 aromatic carbocycles. The van der Waals surface area contributed by atoms with Crippen molar-refractivity contribution in [2.75, 3.05) is 5.43 Å². The van der Waals surface area contributed by atoms with Gasteiger partial charge in [-0.1, -0.05) is 51.5 Å². The lowest BCUT2D eigenvalue weighted by Crippen LogP contribution is -2.07. The summed E-state index contributed by atoms with van der Waals surface area (Å²) in [4.78, 5) is 9.00.